The van der Waals surface area contributed by atoms with Crippen LogP contribution in [0, 0.1) is 0 Å². The van der Waals surface area contributed by atoms with Crippen LogP contribution in [0.5, 0.6) is 0 Å². The van der Waals surface area contributed by atoms with Crippen molar-refractivity contribution in [3.63, 3.8) is 0 Å². The minimum absolute atomic E-state index is 0.852. The van der Waals surface area contributed by atoms with Gasteiger partial charge in [-0.25, -0.2) is 9.97 Å². The molecule has 0 aliphatic rings. The van der Waals surface area contributed by atoms with E-state index in [2.05, 4.69) is 89.9 Å². The van der Waals surface area contributed by atoms with Crippen molar-refractivity contribution in [2.45, 2.75) is 0 Å². The molecule has 0 aliphatic carbocycles. The van der Waals surface area contributed by atoms with E-state index < -0.39 is 0 Å². The van der Waals surface area contributed by atoms with E-state index in [1.54, 1.807) is 6.20 Å². The average molecular weight is 458 g/mol. The summed E-state index contributed by atoms with van der Waals surface area (Å²) in [6, 6.07) is 38.4. The van der Waals surface area contributed by atoms with Gasteiger partial charge in [-0.2, -0.15) is 0 Å². The molecule has 0 saturated carbocycles. The smallest absolute Gasteiger partial charge is 0.0973 e. The molecular weight excluding hydrogens is 438 g/mol. The molecule has 8 rings (SSSR count). The second-order valence-electron chi connectivity index (χ2n) is 9.29. The molecule has 36 heavy (non-hydrogen) atoms. The first-order valence-electron chi connectivity index (χ1n) is 12.1. The second-order valence-corrected chi connectivity index (χ2v) is 9.29. The average Bonchev–Trinajstić information content (AvgIpc) is 2.95. The SMILES string of the molecule is c1ccc(-c2ccc3ccc4ccc(-c5ccc6ccc7cccc8ccc5c6c78)nc4c3n2)nc1. The van der Waals surface area contributed by atoms with E-state index in [0.717, 1.165) is 44.5 Å². The summed E-state index contributed by atoms with van der Waals surface area (Å²) in [6.45, 7) is 0. The van der Waals surface area contributed by atoms with E-state index in [4.69, 9.17) is 9.97 Å². The summed E-state index contributed by atoms with van der Waals surface area (Å²) in [5.74, 6) is 0. The van der Waals surface area contributed by atoms with Crippen LogP contribution in [0.4, 0.5) is 0 Å². The van der Waals surface area contributed by atoms with Crippen LogP contribution >= 0.6 is 0 Å². The molecule has 0 atom stereocenters. The van der Waals surface area contributed by atoms with Crippen LogP contribution in [0.25, 0.3) is 76.8 Å². The first kappa shape index (κ1) is 19.4. The van der Waals surface area contributed by atoms with Gasteiger partial charge in [-0.3, -0.25) is 4.98 Å². The lowest BCUT2D eigenvalue weighted by molar-refractivity contribution is 1.27. The van der Waals surface area contributed by atoms with E-state index in [1.165, 1.54) is 32.3 Å². The van der Waals surface area contributed by atoms with Crippen molar-refractivity contribution in [3.05, 3.63) is 115 Å². The molecule has 0 bridgehead atoms. The van der Waals surface area contributed by atoms with Crippen molar-refractivity contribution in [1.29, 1.82) is 0 Å². The summed E-state index contributed by atoms with van der Waals surface area (Å²) in [5, 5.41) is 9.80. The molecule has 3 aromatic heterocycles. The molecule has 8 aromatic rings. The molecule has 0 spiro atoms. The number of rotatable bonds is 2. The van der Waals surface area contributed by atoms with Gasteiger partial charge in [-0.05, 0) is 56.6 Å². The van der Waals surface area contributed by atoms with Crippen LogP contribution < -0.4 is 0 Å². The van der Waals surface area contributed by atoms with Crippen molar-refractivity contribution >= 4 is 54.1 Å². The van der Waals surface area contributed by atoms with E-state index in [-0.39, 0.29) is 0 Å². The maximum absolute atomic E-state index is 5.21. The first-order chi connectivity index (χ1) is 17.8. The lowest BCUT2D eigenvalue weighted by atomic mass is 9.91. The third-order valence-electron chi connectivity index (χ3n) is 7.25. The Morgan fingerprint density at radius 1 is 0.389 bits per heavy atom. The van der Waals surface area contributed by atoms with Crippen molar-refractivity contribution in [3.8, 4) is 22.6 Å². The quantitative estimate of drug-likeness (QED) is 0.245. The minimum atomic E-state index is 0.852. The van der Waals surface area contributed by atoms with Gasteiger partial charge in [0.1, 0.15) is 0 Å². The highest BCUT2D eigenvalue weighted by atomic mass is 14.8. The largest absolute Gasteiger partial charge is 0.255 e. The van der Waals surface area contributed by atoms with Gasteiger partial charge >= 0.3 is 0 Å². The molecule has 0 saturated heterocycles. The summed E-state index contributed by atoms with van der Waals surface area (Å²) in [7, 11) is 0. The number of hydrogen-bond acceptors (Lipinski definition) is 3. The van der Waals surface area contributed by atoms with E-state index >= 15 is 0 Å². The van der Waals surface area contributed by atoms with Gasteiger partial charge in [0.2, 0.25) is 0 Å². The summed E-state index contributed by atoms with van der Waals surface area (Å²) >= 11 is 0. The molecule has 5 aromatic carbocycles. The fraction of sp³-hybridized carbons (Fsp3) is 0. The van der Waals surface area contributed by atoms with Crippen LogP contribution in [0.3, 0.4) is 0 Å². The molecule has 3 nitrogen and oxygen atoms in total. The first-order valence-corrected chi connectivity index (χ1v) is 12.1. The molecule has 166 valence electrons. The van der Waals surface area contributed by atoms with Crippen molar-refractivity contribution in [2.24, 2.45) is 0 Å². The third kappa shape index (κ3) is 2.77. The molecule has 0 aliphatic heterocycles. The zero-order valence-corrected chi connectivity index (χ0v) is 19.3. The highest BCUT2D eigenvalue weighted by Gasteiger charge is 2.14. The predicted octanol–water partition coefficient (Wildman–Crippen LogP) is 8.41. The lowest BCUT2D eigenvalue weighted by Gasteiger charge is -2.14. The Labute approximate surface area is 207 Å². The molecule has 0 fully saturated rings. The number of fused-ring (bicyclic) bond motifs is 3. The third-order valence-corrected chi connectivity index (χ3v) is 7.25. The van der Waals surface area contributed by atoms with Crippen molar-refractivity contribution in [1.82, 2.24) is 15.0 Å². The van der Waals surface area contributed by atoms with Gasteiger partial charge in [-0.15, -0.1) is 0 Å². The Balaban J connectivity index is 1.41. The summed E-state index contributed by atoms with van der Waals surface area (Å²) in [4.78, 5) is 14.7. The number of benzene rings is 5. The molecule has 0 N–H and O–H groups in total. The van der Waals surface area contributed by atoms with Crippen LogP contribution in [0.2, 0.25) is 0 Å². The van der Waals surface area contributed by atoms with E-state index in [1.807, 2.05) is 24.3 Å². The Kier molecular flexibility index (Phi) is 3.94. The number of aromatic nitrogens is 3. The summed E-state index contributed by atoms with van der Waals surface area (Å²) in [6.07, 6.45) is 1.80. The number of nitrogens with zero attached hydrogens (tertiary/aromatic N) is 3. The van der Waals surface area contributed by atoms with Gasteiger partial charge in [0, 0.05) is 22.5 Å². The zero-order valence-electron chi connectivity index (χ0n) is 19.3. The zero-order chi connectivity index (χ0) is 23.6. The molecule has 3 heteroatoms. The van der Waals surface area contributed by atoms with Gasteiger partial charge in [0.05, 0.1) is 28.1 Å². The van der Waals surface area contributed by atoms with Gasteiger partial charge < -0.3 is 0 Å². The number of hydrogen-bond donors (Lipinski definition) is 0. The Hall–Kier alpha value is -4.89. The normalized spacial score (nSPS) is 11.9. The fourth-order valence-electron chi connectivity index (χ4n) is 5.53. The molecule has 0 radical (unpaired) electrons. The molecule has 3 heterocycles. The summed E-state index contributed by atoms with van der Waals surface area (Å²) in [5.41, 5.74) is 5.62. The Morgan fingerprint density at radius 3 is 1.75 bits per heavy atom. The monoisotopic (exact) mass is 457 g/mol. The van der Waals surface area contributed by atoms with Crippen LogP contribution in [-0.4, -0.2) is 15.0 Å². The maximum Gasteiger partial charge on any atom is 0.0973 e. The lowest BCUT2D eigenvalue weighted by Crippen LogP contribution is -1.93. The van der Waals surface area contributed by atoms with Crippen LogP contribution in [0.15, 0.2) is 115 Å². The topological polar surface area (TPSA) is 38.7 Å². The fourth-order valence-corrected chi connectivity index (χ4v) is 5.53. The Morgan fingerprint density at radius 2 is 1.00 bits per heavy atom. The highest BCUT2D eigenvalue weighted by molar-refractivity contribution is 6.25. The van der Waals surface area contributed by atoms with Crippen LogP contribution in [0.1, 0.15) is 0 Å². The highest BCUT2D eigenvalue weighted by Crippen LogP contribution is 2.39. The standard InChI is InChI=1S/C33H19N3/c1-2-19-34-28(6-1)29-18-14-24-10-9-23-13-17-27(35-32(23)33(24)36-29)25-15-11-22-8-7-20-4-3-5-21-12-16-26(25)31(22)30(20)21/h1-19H. The van der Waals surface area contributed by atoms with Crippen molar-refractivity contribution in [2.75, 3.05) is 0 Å². The Bertz CT molecular complexity index is 2080. The molecule has 0 amide bonds. The number of pyridine rings is 3. The predicted molar refractivity (Wildman–Crippen MR) is 149 cm³/mol. The van der Waals surface area contributed by atoms with Crippen LogP contribution in [-0.2, 0) is 0 Å². The van der Waals surface area contributed by atoms with Gasteiger partial charge in [0.25, 0.3) is 0 Å². The maximum atomic E-state index is 5.21. The van der Waals surface area contributed by atoms with Crippen molar-refractivity contribution < 1.29 is 0 Å². The minimum Gasteiger partial charge on any atom is -0.255 e. The van der Waals surface area contributed by atoms with E-state index in [9.17, 15) is 0 Å². The van der Waals surface area contributed by atoms with Gasteiger partial charge in [-0.1, -0.05) is 84.9 Å². The van der Waals surface area contributed by atoms with Gasteiger partial charge in [0.15, 0.2) is 0 Å². The second kappa shape index (κ2) is 7.30. The summed E-state index contributed by atoms with van der Waals surface area (Å²) < 4.78 is 0. The van der Waals surface area contributed by atoms with E-state index in [0.29, 0.717) is 0 Å². The molecular formula is C33H19N3. The molecule has 0 unspecified atom stereocenters.